The Morgan fingerprint density at radius 3 is 2.41 bits per heavy atom. The first-order valence-corrected chi connectivity index (χ1v) is 6.29. The van der Waals surface area contributed by atoms with Crippen molar-refractivity contribution in [1.82, 2.24) is 15.1 Å². The van der Waals surface area contributed by atoms with Gasteiger partial charge in [0.2, 0.25) is 0 Å². The van der Waals surface area contributed by atoms with Crippen molar-refractivity contribution in [1.29, 1.82) is 0 Å². The summed E-state index contributed by atoms with van der Waals surface area (Å²) in [4.78, 5) is 0. The van der Waals surface area contributed by atoms with Crippen molar-refractivity contribution in [3.05, 3.63) is 17.0 Å². The summed E-state index contributed by atoms with van der Waals surface area (Å²) < 4.78 is 7.77. The monoisotopic (exact) mass is 237 g/mol. The third-order valence-corrected chi connectivity index (χ3v) is 3.79. The van der Waals surface area contributed by atoms with E-state index in [2.05, 4.69) is 42.8 Å². The predicted molar refractivity (Wildman–Crippen MR) is 68.4 cm³/mol. The summed E-state index contributed by atoms with van der Waals surface area (Å²) in [6.45, 7) is 10.5. The molecular formula is C13H23N3O. The lowest BCUT2D eigenvalue weighted by Crippen LogP contribution is -2.62. The molecule has 0 bridgehead atoms. The van der Waals surface area contributed by atoms with Crippen LogP contribution in [-0.4, -0.2) is 35.6 Å². The fourth-order valence-electron chi connectivity index (χ4n) is 2.52. The van der Waals surface area contributed by atoms with Gasteiger partial charge in [-0.15, -0.1) is 0 Å². The van der Waals surface area contributed by atoms with Crippen molar-refractivity contribution in [2.45, 2.75) is 45.8 Å². The Balaban J connectivity index is 2.26. The Morgan fingerprint density at radius 2 is 2.06 bits per heavy atom. The van der Waals surface area contributed by atoms with E-state index in [4.69, 9.17) is 4.74 Å². The molecule has 1 saturated heterocycles. The third kappa shape index (κ3) is 2.11. The highest BCUT2D eigenvalue weighted by Crippen LogP contribution is 2.26. The van der Waals surface area contributed by atoms with Gasteiger partial charge in [0.1, 0.15) is 0 Å². The van der Waals surface area contributed by atoms with Crippen LogP contribution in [0, 0.1) is 13.8 Å². The molecule has 1 N–H and O–H groups in total. The number of aromatic nitrogens is 2. The molecule has 1 aromatic heterocycles. The van der Waals surface area contributed by atoms with Gasteiger partial charge in [-0.25, -0.2) is 0 Å². The summed E-state index contributed by atoms with van der Waals surface area (Å²) in [7, 11) is 1.80. The fourth-order valence-corrected chi connectivity index (χ4v) is 2.52. The van der Waals surface area contributed by atoms with E-state index < -0.39 is 0 Å². The van der Waals surface area contributed by atoms with E-state index in [1.54, 1.807) is 7.11 Å². The lowest BCUT2D eigenvalue weighted by atomic mass is 9.88. The van der Waals surface area contributed by atoms with Crippen molar-refractivity contribution in [3.63, 3.8) is 0 Å². The summed E-state index contributed by atoms with van der Waals surface area (Å²) in [5, 5.41) is 7.92. The minimum atomic E-state index is -0.0135. The van der Waals surface area contributed by atoms with Gasteiger partial charge in [-0.2, -0.15) is 5.10 Å². The minimum Gasteiger partial charge on any atom is -0.375 e. The van der Waals surface area contributed by atoms with Crippen molar-refractivity contribution >= 4 is 0 Å². The van der Waals surface area contributed by atoms with E-state index >= 15 is 0 Å². The molecule has 17 heavy (non-hydrogen) atoms. The average Bonchev–Trinajstić information content (AvgIpc) is 2.50. The Bertz CT molecular complexity index is 400. The molecule has 1 aliphatic rings. The molecule has 1 aliphatic heterocycles. The van der Waals surface area contributed by atoms with E-state index in [0.29, 0.717) is 6.04 Å². The minimum absolute atomic E-state index is 0.0135. The van der Waals surface area contributed by atoms with E-state index in [1.807, 2.05) is 0 Å². The van der Waals surface area contributed by atoms with E-state index in [-0.39, 0.29) is 5.60 Å². The van der Waals surface area contributed by atoms with Crippen LogP contribution < -0.4 is 5.32 Å². The molecule has 2 heterocycles. The Hall–Kier alpha value is -0.870. The predicted octanol–water partition coefficient (Wildman–Crippen LogP) is 1.61. The number of aryl methyl sites for hydroxylation is 1. The zero-order valence-electron chi connectivity index (χ0n) is 11.5. The molecule has 0 atom stereocenters. The molecule has 4 heteroatoms. The second kappa shape index (κ2) is 4.42. The van der Waals surface area contributed by atoms with Gasteiger partial charge in [-0.05, 0) is 33.3 Å². The van der Waals surface area contributed by atoms with Gasteiger partial charge >= 0.3 is 0 Å². The lowest BCUT2D eigenvalue weighted by molar-refractivity contribution is -0.0504. The van der Waals surface area contributed by atoms with Crippen LogP contribution in [0.4, 0.5) is 0 Å². The van der Waals surface area contributed by atoms with E-state index in [9.17, 15) is 0 Å². The molecule has 0 spiro atoms. The molecule has 0 unspecified atom stereocenters. The molecule has 96 valence electrons. The highest BCUT2D eigenvalue weighted by atomic mass is 16.5. The Kier molecular flexibility index (Phi) is 3.27. The first kappa shape index (κ1) is 12.6. The number of rotatable bonds is 4. The standard InChI is InChI=1S/C13H23N3O/c1-9(2)16-11(4)12(10(3)15-16)6-13(17-5)7-14-8-13/h9,14H,6-8H2,1-5H3. The zero-order chi connectivity index (χ0) is 12.6. The summed E-state index contributed by atoms with van der Waals surface area (Å²) in [6, 6.07) is 0.417. The van der Waals surface area contributed by atoms with Crippen LogP contribution in [0.3, 0.4) is 0 Å². The molecule has 4 nitrogen and oxygen atoms in total. The SMILES string of the molecule is COC1(Cc2c(C)nn(C(C)C)c2C)CNC1. The quantitative estimate of drug-likeness (QED) is 0.864. The largest absolute Gasteiger partial charge is 0.375 e. The molecule has 2 rings (SSSR count). The van der Waals surface area contributed by atoms with Crippen molar-refractivity contribution in [2.24, 2.45) is 0 Å². The molecule has 1 aromatic rings. The van der Waals surface area contributed by atoms with Crippen LogP contribution >= 0.6 is 0 Å². The van der Waals surface area contributed by atoms with Crippen LogP contribution in [0.15, 0.2) is 0 Å². The van der Waals surface area contributed by atoms with Crippen LogP contribution in [-0.2, 0) is 11.2 Å². The van der Waals surface area contributed by atoms with Crippen LogP contribution in [0.2, 0.25) is 0 Å². The van der Waals surface area contributed by atoms with Gasteiger partial charge in [0.25, 0.3) is 0 Å². The fraction of sp³-hybridized carbons (Fsp3) is 0.769. The maximum absolute atomic E-state index is 5.66. The lowest BCUT2D eigenvalue weighted by Gasteiger charge is -2.41. The number of nitrogens with zero attached hydrogens (tertiary/aromatic N) is 2. The van der Waals surface area contributed by atoms with Gasteiger partial charge in [0.05, 0.1) is 11.3 Å². The molecule has 0 aromatic carbocycles. The summed E-state index contributed by atoms with van der Waals surface area (Å²) in [6.07, 6.45) is 0.959. The Labute approximate surface area is 103 Å². The summed E-state index contributed by atoms with van der Waals surface area (Å²) in [5.74, 6) is 0. The van der Waals surface area contributed by atoms with Gasteiger partial charge in [0.15, 0.2) is 0 Å². The van der Waals surface area contributed by atoms with E-state index in [1.165, 1.54) is 11.3 Å². The highest BCUT2D eigenvalue weighted by molar-refractivity contribution is 5.28. The number of hydrogen-bond acceptors (Lipinski definition) is 3. The summed E-state index contributed by atoms with van der Waals surface area (Å²) >= 11 is 0. The third-order valence-electron chi connectivity index (χ3n) is 3.79. The Morgan fingerprint density at radius 1 is 1.41 bits per heavy atom. The molecular weight excluding hydrogens is 214 g/mol. The molecule has 0 aliphatic carbocycles. The zero-order valence-corrected chi connectivity index (χ0v) is 11.5. The van der Waals surface area contributed by atoms with Crippen molar-refractivity contribution in [3.8, 4) is 0 Å². The smallest absolute Gasteiger partial charge is 0.0967 e. The number of ether oxygens (including phenoxy) is 1. The highest BCUT2D eigenvalue weighted by Gasteiger charge is 2.38. The normalized spacial score (nSPS) is 18.5. The molecule has 0 amide bonds. The van der Waals surface area contributed by atoms with Gasteiger partial charge in [0, 0.05) is 38.4 Å². The maximum atomic E-state index is 5.66. The van der Waals surface area contributed by atoms with Crippen LogP contribution in [0.1, 0.15) is 36.8 Å². The second-order valence-corrected chi connectivity index (χ2v) is 5.36. The molecule has 1 fully saturated rings. The molecule has 0 radical (unpaired) electrons. The molecule has 0 saturated carbocycles. The summed E-state index contributed by atoms with van der Waals surface area (Å²) in [5.41, 5.74) is 3.75. The first-order chi connectivity index (χ1) is 7.99. The van der Waals surface area contributed by atoms with Crippen LogP contribution in [0.5, 0.6) is 0 Å². The van der Waals surface area contributed by atoms with Gasteiger partial charge < -0.3 is 10.1 Å². The van der Waals surface area contributed by atoms with Gasteiger partial charge in [-0.1, -0.05) is 0 Å². The number of methoxy groups -OCH3 is 1. The maximum Gasteiger partial charge on any atom is 0.0967 e. The topological polar surface area (TPSA) is 39.1 Å². The number of hydrogen-bond donors (Lipinski definition) is 1. The first-order valence-electron chi connectivity index (χ1n) is 6.29. The van der Waals surface area contributed by atoms with Crippen molar-refractivity contribution in [2.75, 3.05) is 20.2 Å². The van der Waals surface area contributed by atoms with Crippen molar-refractivity contribution < 1.29 is 4.74 Å². The number of nitrogens with one attached hydrogen (secondary N) is 1. The van der Waals surface area contributed by atoms with Crippen LogP contribution in [0.25, 0.3) is 0 Å². The van der Waals surface area contributed by atoms with Gasteiger partial charge in [-0.3, -0.25) is 4.68 Å². The van der Waals surface area contributed by atoms with E-state index in [0.717, 1.165) is 25.2 Å². The second-order valence-electron chi connectivity index (χ2n) is 5.36. The average molecular weight is 237 g/mol.